The van der Waals surface area contributed by atoms with Gasteiger partial charge in [0, 0.05) is 32.2 Å². The standard InChI is InChI=1S/C23H27F4N3O3/c1-15(19(31)4-3-10-24)16-5-7-17(8-6-16)33-18-9-11-30(12-18)21-20(25)22(29-14-28-21)32-13-23(2,26)27/h5-8,14-15,18H,3-4,9-13H2,1-2H3/t15?,18-/m1/s1. The fourth-order valence-corrected chi connectivity index (χ4v) is 3.55. The highest BCUT2D eigenvalue weighted by atomic mass is 19.3. The van der Waals surface area contributed by atoms with Crippen LogP contribution in [0.1, 0.15) is 44.6 Å². The Labute approximate surface area is 189 Å². The van der Waals surface area contributed by atoms with Gasteiger partial charge in [-0.2, -0.15) is 9.37 Å². The van der Waals surface area contributed by atoms with E-state index in [2.05, 4.69) is 9.97 Å². The summed E-state index contributed by atoms with van der Waals surface area (Å²) in [6, 6.07) is 7.13. The Bertz CT molecular complexity index is 938. The predicted octanol–water partition coefficient (Wildman–Crippen LogP) is 4.73. The average molecular weight is 469 g/mol. The van der Waals surface area contributed by atoms with Gasteiger partial charge >= 0.3 is 0 Å². The van der Waals surface area contributed by atoms with Crippen molar-refractivity contribution in [2.75, 3.05) is 31.3 Å². The molecule has 0 amide bonds. The second-order valence-electron chi connectivity index (χ2n) is 8.20. The van der Waals surface area contributed by atoms with Gasteiger partial charge in [-0.1, -0.05) is 19.1 Å². The van der Waals surface area contributed by atoms with E-state index in [0.717, 1.165) is 11.9 Å². The van der Waals surface area contributed by atoms with Crippen molar-refractivity contribution >= 4 is 11.6 Å². The molecule has 1 aliphatic heterocycles. The van der Waals surface area contributed by atoms with Gasteiger partial charge in [-0.15, -0.1) is 0 Å². The minimum Gasteiger partial charge on any atom is -0.489 e. The van der Waals surface area contributed by atoms with Crippen LogP contribution >= 0.6 is 0 Å². The first-order valence-corrected chi connectivity index (χ1v) is 10.8. The number of halogens is 4. The lowest BCUT2D eigenvalue weighted by atomic mass is 9.94. The first-order chi connectivity index (χ1) is 15.7. The lowest BCUT2D eigenvalue weighted by molar-refractivity contribution is -0.120. The summed E-state index contributed by atoms with van der Waals surface area (Å²) in [5, 5.41) is 0. The van der Waals surface area contributed by atoms with E-state index in [1.54, 1.807) is 36.1 Å². The van der Waals surface area contributed by atoms with Gasteiger partial charge in [0.2, 0.25) is 5.82 Å². The van der Waals surface area contributed by atoms with Crippen molar-refractivity contribution < 1.29 is 31.8 Å². The molecule has 1 fully saturated rings. The van der Waals surface area contributed by atoms with E-state index < -0.39 is 30.9 Å². The van der Waals surface area contributed by atoms with Gasteiger partial charge in [0.05, 0.1) is 13.2 Å². The molecule has 1 aliphatic rings. The van der Waals surface area contributed by atoms with Crippen LogP contribution in [0, 0.1) is 5.82 Å². The highest BCUT2D eigenvalue weighted by Gasteiger charge is 2.30. The zero-order valence-electron chi connectivity index (χ0n) is 18.6. The largest absolute Gasteiger partial charge is 0.489 e. The summed E-state index contributed by atoms with van der Waals surface area (Å²) in [5.74, 6) is -4.27. The highest BCUT2D eigenvalue weighted by molar-refractivity contribution is 5.85. The summed E-state index contributed by atoms with van der Waals surface area (Å²) in [4.78, 5) is 21.3. The molecule has 180 valence electrons. The quantitative estimate of drug-likeness (QED) is 0.444. The number of aromatic nitrogens is 2. The van der Waals surface area contributed by atoms with E-state index in [-0.39, 0.29) is 36.5 Å². The third kappa shape index (κ3) is 6.79. The molecule has 6 nitrogen and oxygen atoms in total. The first-order valence-electron chi connectivity index (χ1n) is 10.8. The van der Waals surface area contributed by atoms with Crippen molar-refractivity contribution in [3.8, 4) is 11.6 Å². The summed E-state index contributed by atoms with van der Waals surface area (Å²) < 4.78 is 63.8. The Morgan fingerprint density at radius 2 is 2.00 bits per heavy atom. The lowest BCUT2D eigenvalue weighted by Gasteiger charge is -2.20. The van der Waals surface area contributed by atoms with Crippen LogP contribution in [0.3, 0.4) is 0 Å². The van der Waals surface area contributed by atoms with Crippen molar-refractivity contribution in [1.82, 2.24) is 9.97 Å². The smallest absolute Gasteiger partial charge is 0.278 e. The molecule has 2 aromatic rings. The third-order valence-corrected chi connectivity index (χ3v) is 5.37. The van der Waals surface area contributed by atoms with Crippen LogP contribution in [-0.2, 0) is 4.79 Å². The number of hydrogen-bond donors (Lipinski definition) is 0. The summed E-state index contributed by atoms with van der Waals surface area (Å²) in [7, 11) is 0. The van der Waals surface area contributed by atoms with Gasteiger partial charge in [0.15, 0.2) is 12.4 Å². The molecular weight excluding hydrogens is 442 g/mol. The number of carbonyl (C=O) groups is 1. The van der Waals surface area contributed by atoms with Crippen LogP contribution in [-0.4, -0.2) is 54.1 Å². The molecule has 0 aliphatic carbocycles. The van der Waals surface area contributed by atoms with Crippen LogP contribution in [0.15, 0.2) is 30.6 Å². The SMILES string of the molecule is CC(C(=O)CCCF)c1ccc(O[C@@H]2CCN(c3ncnc(OCC(C)(F)F)c3F)C2)cc1. The third-order valence-electron chi connectivity index (χ3n) is 5.37. The molecule has 1 aromatic carbocycles. The van der Waals surface area contributed by atoms with Gasteiger partial charge in [0.25, 0.3) is 11.8 Å². The summed E-state index contributed by atoms with van der Waals surface area (Å²) in [5.41, 5.74) is 0.826. The highest BCUT2D eigenvalue weighted by Crippen LogP contribution is 2.29. The number of hydrogen-bond acceptors (Lipinski definition) is 6. The van der Waals surface area contributed by atoms with E-state index in [1.165, 1.54) is 0 Å². The number of alkyl halides is 3. The normalized spacial score (nSPS) is 17.2. The topological polar surface area (TPSA) is 64.5 Å². The molecule has 2 heterocycles. The van der Waals surface area contributed by atoms with Crippen molar-refractivity contribution in [1.29, 1.82) is 0 Å². The van der Waals surface area contributed by atoms with Crippen LogP contribution in [0.5, 0.6) is 11.6 Å². The van der Waals surface area contributed by atoms with Crippen LogP contribution in [0.4, 0.5) is 23.4 Å². The van der Waals surface area contributed by atoms with Gasteiger partial charge in [-0.05, 0) is 24.1 Å². The summed E-state index contributed by atoms with van der Waals surface area (Å²) in [6.45, 7) is 1.78. The Morgan fingerprint density at radius 1 is 1.27 bits per heavy atom. The van der Waals surface area contributed by atoms with Gasteiger partial charge in [0.1, 0.15) is 24.0 Å². The molecule has 0 radical (unpaired) electrons. The predicted molar refractivity (Wildman–Crippen MR) is 114 cm³/mol. The Hall–Kier alpha value is -2.91. The number of benzene rings is 1. The Balaban J connectivity index is 1.58. The molecule has 10 heteroatoms. The molecule has 1 aromatic heterocycles. The number of rotatable bonds is 11. The van der Waals surface area contributed by atoms with Gasteiger partial charge in [-0.3, -0.25) is 9.18 Å². The molecule has 1 unspecified atom stereocenters. The average Bonchev–Trinajstić information content (AvgIpc) is 3.24. The van der Waals surface area contributed by atoms with Crippen LogP contribution < -0.4 is 14.4 Å². The van der Waals surface area contributed by atoms with Crippen molar-refractivity contribution in [3.63, 3.8) is 0 Å². The number of nitrogens with zero attached hydrogens (tertiary/aromatic N) is 3. The molecule has 2 atom stereocenters. The summed E-state index contributed by atoms with van der Waals surface area (Å²) in [6.07, 6.45) is 1.88. The van der Waals surface area contributed by atoms with Crippen molar-refractivity contribution in [2.24, 2.45) is 0 Å². The lowest BCUT2D eigenvalue weighted by Crippen LogP contribution is -2.27. The molecular formula is C23H27F4N3O3. The molecule has 0 spiro atoms. The Kier molecular flexibility index (Phi) is 8.10. The number of ether oxygens (including phenoxy) is 2. The molecule has 33 heavy (non-hydrogen) atoms. The van der Waals surface area contributed by atoms with Crippen LogP contribution in [0.25, 0.3) is 0 Å². The van der Waals surface area contributed by atoms with Gasteiger partial charge < -0.3 is 14.4 Å². The summed E-state index contributed by atoms with van der Waals surface area (Å²) >= 11 is 0. The van der Waals surface area contributed by atoms with Crippen molar-refractivity contribution in [3.05, 3.63) is 42.0 Å². The van der Waals surface area contributed by atoms with E-state index in [9.17, 15) is 22.4 Å². The number of carbonyl (C=O) groups excluding carboxylic acids is 1. The van der Waals surface area contributed by atoms with E-state index >= 15 is 0 Å². The number of anilines is 1. The maximum atomic E-state index is 14.7. The fraction of sp³-hybridized carbons (Fsp3) is 0.522. The molecule has 1 saturated heterocycles. The van der Waals surface area contributed by atoms with Crippen molar-refractivity contribution in [2.45, 2.75) is 51.1 Å². The maximum absolute atomic E-state index is 14.7. The molecule has 0 saturated carbocycles. The van der Waals surface area contributed by atoms with E-state index in [4.69, 9.17) is 9.47 Å². The minimum atomic E-state index is -3.11. The second-order valence-corrected chi connectivity index (χ2v) is 8.20. The molecule has 0 N–H and O–H groups in total. The fourth-order valence-electron chi connectivity index (χ4n) is 3.55. The zero-order valence-corrected chi connectivity index (χ0v) is 18.6. The Morgan fingerprint density at radius 3 is 2.67 bits per heavy atom. The second kappa shape index (κ2) is 10.8. The number of ketones is 1. The molecule has 0 bridgehead atoms. The zero-order chi connectivity index (χ0) is 24.0. The maximum Gasteiger partial charge on any atom is 0.278 e. The first kappa shape index (κ1) is 24.7. The monoisotopic (exact) mass is 469 g/mol. The van der Waals surface area contributed by atoms with Crippen LogP contribution in [0.2, 0.25) is 0 Å². The number of Topliss-reactive ketones (excluding diaryl/α,β-unsaturated/α-hetero) is 1. The van der Waals surface area contributed by atoms with Gasteiger partial charge in [-0.25, -0.2) is 13.8 Å². The van der Waals surface area contributed by atoms with E-state index in [0.29, 0.717) is 32.2 Å². The molecule has 3 rings (SSSR count). The minimum absolute atomic E-state index is 0.00867. The van der Waals surface area contributed by atoms with E-state index in [1.807, 2.05) is 0 Å².